The maximum Gasteiger partial charge on any atom is 0.255 e. The summed E-state index contributed by atoms with van der Waals surface area (Å²) < 4.78 is 0. The average molecular weight is 483 g/mol. The number of aliphatic imine (C=N–C) groups is 2. The van der Waals surface area contributed by atoms with E-state index in [1.54, 1.807) is 48.5 Å². The van der Waals surface area contributed by atoms with Gasteiger partial charge in [-0.05, 0) is 66.7 Å². The second-order valence-electron chi connectivity index (χ2n) is 8.21. The van der Waals surface area contributed by atoms with Crippen molar-refractivity contribution in [3.05, 3.63) is 83.9 Å². The number of hydrogen-bond donors (Lipinski definition) is 6. The molecule has 0 fully saturated rings. The molecule has 10 nitrogen and oxygen atoms in total. The van der Waals surface area contributed by atoms with Crippen molar-refractivity contribution in [2.75, 3.05) is 47.4 Å². The van der Waals surface area contributed by atoms with Crippen molar-refractivity contribution >= 4 is 46.5 Å². The normalized spacial score (nSPS) is 14.1. The van der Waals surface area contributed by atoms with E-state index in [0.717, 1.165) is 49.5 Å². The highest BCUT2D eigenvalue weighted by Crippen LogP contribution is 2.17. The Balaban J connectivity index is 1.17. The molecule has 0 aliphatic carbocycles. The van der Waals surface area contributed by atoms with E-state index in [-0.39, 0.29) is 11.8 Å². The number of nitrogens with zero attached hydrogens (tertiary/aromatic N) is 2. The van der Waals surface area contributed by atoms with Gasteiger partial charge in [0.2, 0.25) is 0 Å². The summed E-state index contributed by atoms with van der Waals surface area (Å²) in [6.45, 7) is 3.16. The third-order valence-corrected chi connectivity index (χ3v) is 5.55. The van der Waals surface area contributed by atoms with E-state index in [4.69, 9.17) is 0 Å². The number of rotatable bonds is 6. The van der Waals surface area contributed by atoms with Crippen LogP contribution >= 0.6 is 0 Å². The van der Waals surface area contributed by atoms with Gasteiger partial charge in [-0.15, -0.1) is 0 Å². The van der Waals surface area contributed by atoms with Crippen molar-refractivity contribution in [2.24, 2.45) is 9.98 Å². The largest absolute Gasteiger partial charge is 0.354 e. The molecule has 0 radical (unpaired) electrons. The smallest absolute Gasteiger partial charge is 0.255 e. The van der Waals surface area contributed by atoms with Gasteiger partial charge in [0.1, 0.15) is 0 Å². The summed E-state index contributed by atoms with van der Waals surface area (Å²) in [6, 6.07) is 21.3. The van der Waals surface area contributed by atoms with Crippen LogP contribution in [0.3, 0.4) is 0 Å². The molecule has 10 heteroatoms. The van der Waals surface area contributed by atoms with Gasteiger partial charge in [0.05, 0.1) is 13.1 Å². The van der Waals surface area contributed by atoms with Crippen LogP contribution in [0.15, 0.2) is 82.8 Å². The lowest BCUT2D eigenvalue weighted by molar-refractivity contribution is 0.102. The van der Waals surface area contributed by atoms with Crippen LogP contribution in [0.25, 0.3) is 0 Å². The number of nitrogens with one attached hydrogen (secondary N) is 6. The van der Waals surface area contributed by atoms with E-state index >= 15 is 0 Å². The molecule has 36 heavy (non-hydrogen) atoms. The van der Waals surface area contributed by atoms with E-state index < -0.39 is 0 Å². The third kappa shape index (κ3) is 5.79. The second-order valence-corrected chi connectivity index (χ2v) is 8.21. The molecule has 2 aliphatic rings. The van der Waals surface area contributed by atoms with Crippen LogP contribution in [-0.2, 0) is 0 Å². The van der Waals surface area contributed by atoms with E-state index in [1.807, 2.05) is 24.3 Å². The Labute approximate surface area is 208 Å². The lowest BCUT2D eigenvalue weighted by atomic mass is 10.1. The first-order valence-electron chi connectivity index (χ1n) is 11.7. The molecule has 6 N–H and O–H groups in total. The Morgan fingerprint density at radius 2 is 1.03 bits per heavy atom. The molecular formula is C26H26N8O2. The summed E-state index contributed by atoms with van der Waals surface area (Å²) in [5.74, 6) is 0.883. The lowest BCUT2D eigenvalue weighted by Gasteiger charge is -2.10. The fourth-order valence-corrected chi connectivity index (χ4v) is 3.72. The highest BCUT2D eigenvalue weighted by molar-refractivity contribution is 6.09. The van der Waals surface area contributed by atoms with Gasteiger partial charge < -0.3 is 31.9 Å². The molecule has 0 saturated heterocycles. The molecule has 3 aromatic rings. The average Bonchev–Trinajstić information content (AvgIpc) is 3.61. The fourth-order valence-electron chi connectivity index (χ4n) is 3.72. The number of anilines is 4. The Bertz CT molecular complexity index is 1220. The summed E-state index contributed by atoms with van der Waals surface area (Å²) in [7, 11) is 0. The molecule has 0 unspecified atom stereocenters. The highest BCUT2D eigenvalue weighted by Gasteiger charge is 2.12. The van der Waals surface area contributed by atoms with Crippen molar-refractivity contribution in [3.63, 3.8) is 0 Å². The van der Waals surface area contributed by atoms with E-state index in [0.29, 0.717) is 22.5 Å². The van der Waals surface area contributed by atoms with Gasteiger partial charge in [0.15, 0.2) is 11.9 Å². The molecule has 182 valence electrons. The van der Waals surface area contributed by atoms with Gasteiger partial charge in [-0.3, -0.25) is 19.6 Å². The molecule has 5 rings (SSSR count). The third-order valence-electron chi connectivity index (χ3n) is 5.55. The van der Waals surface area contributed by atoms with Crippen LogP contribution in [0.2, 0.25) is 0 Å². The maximum atomic E-state index is 12.8. The van der Waals surface area contributed by atoms with Crippen LogP contribution in [0.5, 0.6) is 0 Å². The fraction of sp³-hybridized carbons (Fsp3) is 0.154. The van der Waals surface area contributed by atoms with Crippen LogP contribution in [-0.4, -0.2) is 49.9 Å². The standard InChI is InChI=1S/C26H26N8O2/c35-23(31-19-4-8-21(9-5-19)33-25-27-12-13-28-25)17-2-1-3-18(16-17)24(36)32-20-6-10-22(11-7-20)34-26-29-14-15-30-26/h1-11,16H,12-15H2,(H,31,35)(H,32,36)(H2,27,28,33)(H2,29,30,34). The minimum absolute atomic E-state index is 0.300. The van der Waals surface area contributed by atoms with E-state index in [2.05, 4.69) is 41.9 Å². The first-order chi connectivity index (χ1) is 17.6. The molecule has 2 aliphatic heterocycles. The van der Waals surface area contributed by atoms with Crippen molar-refractivity contribution in [1.82, 2.24) is 10.6 Å². The molecule has 3 aromatic carbocycles. The highest BCUT2D eigenvalue weighted by atomic mass is 16.2. The summed E-state index contributed by atoms with van der Waals surface area (Å²) in [6.07, 6.45) is 0. The monoisotopic (exact) mass is 482 g/mol. The summed E-state index contributed by atoms with van der Waals surface area (Å²) in [5, 5.41) is 18.4. The minimum Gasteiger partial charge on any atom is -0.354 e. The van der Waals surface area contributed by atoms with Crippen LogP contribution in [0.1, 0.15) is 20.7 Å². The predicted octanol–water partition coefficient (Wildman–Crippen LogP) is 2.93. The molecule has 0 spiro atoms. The van der Waals surface area contributed by atoms with E-state index in [1.165, 1.54) is 0 Å². The first kappa shape index (κ1) is 22.9. The zero-order chi connectivity index (χ0) is 24.7. The molecular weight excluding hydrogens is 456 g/mol. The van der Waals surface area contributed by atoms with Gasteiger partial charge in [-0.2, -0.15) is 0 Å². The maximum absolute atomic E-state index is 12.8. The van der Waals surface area contributed by atoms with Crippen molar-refractivity contribution in [2.45, 2.75) is 0 Å². The van der Waals surface area contributed by atoms with Crippen molar-refractivity contribution < 1.29 is 9.59 Å². The summed E-state index contributed by atoms with van der Waals surface area (Å²) in [4.78, 5) is 34.2. The Morgan fingerprint density at radius 3 is 1.42 bits per heavy atom. The molecule has 0 saturated carbocycles. The van der Waals surface area contributed by atoms with Crippen LogP contribution in [0.4, 0.5) is 22.7 Å². The van der Waals surface area contributed by atoms with Crippen molar-refractivity contribution in [3.8, 4) is 0 Å². The number of carbonyl (C=O) groups is 2. The van der Waals surface area contributed by atoms with Gasteiger partial charge in [-0.25, -0.2) is 0 Å². The van der Waals surface area contributed by atoms with Gasteiger partial charge >= 0.3 is 0 Å². The summed E-state index contributed by atoms with van der Waals surface area (Å²) >= 11 is 0. The number of carbonyl (C=O) groups excluding carboxylic acids is 2. The molecule has 0 aromatic heterocycles. The van der Waals surface area contributed by atoms with Crippen LogP contribution < -0.4 is 31.9 Å². The Morgan fingerprint density at radius 1 is 0.611 bits per heavy atom. The Hall–Kier alpha value is -4.86. The number of amides is 2. The molecule has 0 atom stereocenters. The second kappa shape index (κ2) is 10.6. The summed E-state index contributed by atoms with van der Waals surface area (Å²) in [5.41, 5.74) is 3.81. The zero-order valence-electron chi connectivity index (χ0n) is 19.5. The zero-order valence-corrected chi connectivity index (χ0v) is 19.5. The first-order valence-corrected chi connectivity index (χ1v) is 11.7. The number of hydrogen-bond acceptors (Lipinski definition) is 8. The van der Waals surface area contributed by atoms with Crippen molar-refractivity contribution in [1.29, 1.82) is 0 Å². The van der Waals surface area contributed by atoms with Gasteiger partial charge in [-0.1, -0.05) is 6.07 Å². The SMILES string of the molecule is O=C(Nc1ccc(NC2=NCCN2)cc1)c1cccc(C(=O)Nc2ccc(NC3=NCCN3)cc2)c1. The number of guanidine groups is 2. The van der Waals surface area contributed by atoms with Gasteiger partial charge in [0, 0.05) is 47.0 Å². The number of benzene rings is 3. The van der Waals surface area contributed by atoms with Gasteiger partial charge in [0.25, 0.3) is 11.8 Å². The molecule has 0 bridgehead atoms. The predicted molar refractivity (Wildman–Crippen MR) is 143 cm³/mol. The quantitative estimate of drug-likeness (QED) is 0.320. The molecule has 2 amide bonds. The molecule has 2 heterocycles. The lowest BCUT2D eigenvalue weighted by Crippen LogP contribution is -2.26. The van der Waals surface area contributed by atoms with Crippen LogP contribution in [0, 0.1) is 0 Å². The topological polar surface area (TPSA) is 131 Å². The van der Waals surface area contributed by atoms with E-state index in [9.17, 15) is 9.59 Å². The Kier molecular flexibility index (Phi) is 6.74. The minimum atomic E-state index is -0.300.